The smallest absolute Gasteiger partial charge is 0.273 e. The minimum atomic E-state index is -0.245. The molecule has 0 radical (unpaired) electrons. The fraction of sp³-hybridized carbons (Fsp3) is 0.0556. The lowest BCUT2D eigenvalue weighted by Gasteiger charge is -2.06. The standard InChI is InChI=1S/C18H18N6O/c1-11-4-2-3-5-14(11)22-17(25)16-10-15(23-24-16)12-6-8-13(9-7-12)21-18(19)20/h2-10H,1H3,(H,22,25)(H,23,24)(H4,19,20,21). The van der Waals surface area contributed by atoms with Crippen LogP contribution < -0.4 is 16.8 Å². The maximum atomic E-state index is 12.4. The number of H-pyrrole nitrogens is 1. The number of nitrogens with two attached hydrogens (primary N) is 2. The molecule has 126 valence electrons. The molecular weight excluding hydrogens is 316 g/mol. The van der Waals surface area contributed by atoms with Crippen LogP contribution in [0.4, 0.5) is 11.4 Å². The van der Waals surface area contributed by atoms with Crippen LogP contribution in [0, 0.1) is 6.92 Å². The fourth-order valence-corrected chi connectivity index (χ4v) is 2.34. The molecule has 0 saturated carbocycles. The van der Waals surface area contributed by atoms with Crippen LogP contribution >= 0.6 is 0 Å². The topological polar surface area (TPSA) is 122 Å². The van der Waals surface area contributed by atoms with Crippen molar-refractivity contribution in [1.82, 2.24) is 10.2 Å². The first-order valence-corrected chi connectivity index (χ1v) is 7.65. The Kier molecular flexibility index (Phi) is 4.47. The number of aromatic nitrogens is 2. The van der Waals surface area contributed by atoms with E-state index in [2.05, 4.69) is 20.5 Å². The molecule has 3 aromatic rings. The van der Waals surface area contributed by atoms with E-state index >= 15 is 0 Å². The zero-order valence-corrected chi connectivity index (χ0v) is 13.7. The summed E-state index contributed by atoms with van der Waals surface area (Å²) in [6.07, 6.45) is 0. The highest BCUT2D eigenvalue weighted by molar-refractivity contribution is 6.03. The lowest BCUT2D eigenvalue weighted by atomic mass is 10.1. The molecule has 6 N–H and O–H groups in total. The lowest BCUT2D eigenvalue weighted by molar-refractivity contribution is 0.102. The van der Waals surface area contributed by atoms with Gasteiger partial charge in [-0.2, -0.15) is 5.10 Å². The molecule has 1 heterocycles. The van der Waals surface area contributed by atoms with Gasteiger partial charge in [0.05, 0.1) is 11.4 Å². The second kappa shape index (κ2) is 6.88. The molecule has 3 rings (SSSR count). The monoisotopic (exact) mass is 334 g/mol. The number of amides is 1. The molecule has 0 atom stereocenters. The molecule has 1 amide bonds. The second-order valence-corrected chi connectivity index (χ2v) is 5.52. The zero-order valence-electron chi connectivity index (χ0n) is 13.7. The number of nitrogens with zero attached hydrogens (tertiary/aromatic N) is 2. The molecule has 1 aromatic heterocycles. The van der Waals surface area contributed by atoms with Crippen LogP contribution in [0.3, 0.4) is 0 Å². The number of guanidine groups is 1. The lowest BCUT2D eigenvalue weighted by Crippen LogP contribution is -2.21. The molecule has 0 aliphatic carbocycles. The van der Waals surface area contributed by atoms with Gasteiger partial charge in [-0.25, -0.2) is 4.99 Å². The van der Waals surface area contributed by atoms with Crippen LogP contribution in [0.15, 0.2) is 59.6 Å². The van der Waals surface area contributed by atoms with E-state index in [1.807, 2.05) is 43.3 Å². The Morgan fingerprint density at radius 3 is 2.52 bits per heavy atom. The zero-order chi connectivity index (χ0) is 17.8. The Bertz CT molecular complexity index is 923. The summed E-state index contributed by atoms with van der Waals surface area (Å²) in [6.45, 7) is 1.94. The normalized spacial score (nSPS) is 10.3. The highest BCUT2D eigenvalue weighted by Crippen LogP contribution is 2.22. The van der Waals surface area contributed by atoms with Gasteiger partial charge in [0, 0.05) is 11.3 Å². The maximum absolute atomic E-state index is 12.4. The summed E-state index contributed by atoms with van der Waals surface area (Å²) in [5.74, 6) is -0.243. The number of hydrogen-bond acceptors (Lipinski definition) is 3. The molecule has 0 saturated heterocycles. The molecule has 7 heteroatoms. The Labute approximate surface area is 144 Å². The number of para-hydroxylation sites is 1. The van der Waals surface area contributed by atoms with E-state index < -0.39 is 0 Å². The van der Waals surface area contributed by atoms with Crippen LogP contribution in [-0.2, 0) is 0 Å². The van der Waals surface area contributed by atoms with Crippen molar-refractivity contribution in [2.75, 3.05) is 5.32 Å². The predicted molar refractivity (Wildman–Crippen MR) is 98.6 cm³/mol. The summed E-state index contributed by atoms with van der Waals surface area (Å²) in [5, 5.41) is 9.82. The number of aliphatic imine (C=N–C) groups is 1. The van der Waals surface area contributed by atoms with Crippen molar-refractivity contribution in [3.05, 3.63) is 65.9 Å². The number of benzene rings is 2. The van der Waals surface area contributed by atoms with Gasteiger partial charge in [-0.15, -0.1) is 0 Å². The van der Waals surface area contributed by atoms with E-state index in [0.29, 0.717) is 17.1 Å². The van der Waals surface area contributed by atoms with Gasteiger partial charge in [0.2, 0.25) is 0 Å². The third-order valence-electron chi connectivity index (χ3n) is 3.64. The van der Waals surface area contributed by atoms with Crippen molar-refractivity contribution in [2.45, 2.75) is 6.92 Å². The minimum Gasteiger partial charge on any atom is -0.370 e. The van der Waals surface area contributed by atoms with Gasteiger partial charge < -0.3 is 16.8 Å². The van der Waals surface area contributed by atoms with Gasteiger partial charge in [-0.05, 0) is 36.8 Å². The van der Waals surface area contributed by atoms with E-state index in [4.69, 9.17) is 11.5 Å². The van der Waals surface area contributed by atoms with Crippen molar-refractivity contribution in [1.29, 1.82) is 0 Å². The SMILES string of the molecule is Cc1ccccc1NC(=O)c1cc(-c2ccc(N=C(N)N)cc2)n[nH]1. The van der Waals surface area contributed by atoms with Crippen LogP contribution in [0.25, 0.3) is 11.3 Å². The summed E-state index contributed by atoms with van der Waals surface area (Å²) in [4.78, 5) is 16.3. The first kappa shape index (κ1) is 16.3. The van der Waals surface area contributed by atoms with Crippen LogP contribution in [-0.4, -0.2) is 22.1 Å². The maximum Gasteiger partial charge on any atom is 0.273 e. The number of aromatic amines is 1. The molecule has 0 unspecified atom stereocenters. The molecule has 0 fully saturated rings. The molecule has 7 nitrogen and oxygen atoms in total. The van der Waals surface area contributed by atoms with Gasteiger partial charge in [0.15, 0.2) is 5.96 Å². The van der Waals surface area contributed by atoms with Crippen molar-refractivity contribution < 1.29 is 4.79 Å². The number of anilines is 1. The highest BCUT2D eigenvalue weighted by Gasteiger charge is 2.12. The van der Waals surface area contributed by atoms with Gasteiger partial charge in [-0.3, -0.25) is 9.89 Å². The molecular formula is C18H18N6O. The third-order valence-corrected chi connectivity index (χ3v) is 3.64. The largest absolute Gasteiger partial charge is 0.370 e. The second-order valence-electron chi connectivity index (χ2n) is 5.52. The number of nitrogens with one attached hydrogen (secondary N) is 2. The van der Waals surface area contributed by atoms with Gasteiger partial charge in [0.25, 0.3) is 5.91 Å². The Hall–Kier alpha value is -3.61. The van der Waals surface area contributed by atoms with Crippen molar-refractivity contribution in [2.24, 2.45) is 16.5 Å². The number of carbonyl (C=O) groups is 1. The van der Waals surface area contributed by atoms with Gasteiger partial charge >= 0.3 is 0 Å². The average molecular weight is 334 g/mol. The van der Waals surface area contributed by atoms with Crippen LogP contribution in [0.1, 0.15) is 16.1 Å². The summed E-state index contributed by atoms with van der Waals surface area (Å²) < 4.78 is 0. The van der Waals surface area contributed by atoms with E-state index in [1.54, 1.807) is 18.2 Å². The highest BCUT2D eigenvalue weighted by atomic mass is 16.1. The number of hydrogen-bond donors (Lipinski definition) is 4. The summed E-state index contributed by atoms with van der Waals surface area (Å²) in [6, 6.07) is 16.5. The van der Waals surface area contributed by atoms with Crippen LogP contribution in [0.5, 0.6) is 0 Å². The Morgan fingerprint density at radius 1 is 1.12 bits per heavy atom. The quantitative estimate of drug-likeness (QED) is 0.432. The fourth-order valence-electron chi connectivity index (χ4n) is 2.34. The summed E-state index contributed by atoms with van der Waals surface area (Å²) >= 11 is 0. The van der Waals surface area contributed by atoms with Crippen molar-refractivity contribution >= 4 is 23.2 Å². The van der Waals surface area contributed by atoms with E-state index in [1.165, 1.54) is 0 Å². The number of carbonyl (C=O) groups excluding carboxylic acids is 1. The molecule has 25 heavy (non-hydrogen) atoms. The minimum absolute atomic E-state index is 0.00248. The average Bonchev–Trinajstić information content (AvgIpc) is 3.07. The molecule has 2 aromatic carbocycles. The van der Waals surface area contributed by atoms with E-state index in [9.17, 15) is 4.79 Å². The molecule has 0 spiro atoms. The Balaban J connectivity index is 1.77. The third kappa shape index (κ3) is 3.84. The van der Waals surface area contributed by atoms with Crippen molar-refractivity contribution in [3.63, 3.8) is 0 Å². The Morgan fingerprint density at radius 2 is 1.84 bits per heavy atom. The molecule has 0 aliphatic heterocycles. The number of aryl methyl sites for hydroxylation is 1. The first-order chi connectivity index (χ1) is 12.0. The summed E-state index contributed by atoms with van der Waals surface area (Å²) in [7, 11) is 0. The molecule has 0 aliphatic rings. The van der Waals surface area contributed by atoms with Crippen molar-refractivity contribution in [3.8, 4) is 11.3 Å². The van der Waals surface area contributed by atoms with E-state index in [0.717, 1.165) is 16.8 Å². The van der Waals surface area contributed by atoms with Gasteiger partial charge in [-0.1, -0.05) is 30.3 Å². The number of rotatable bonds is 4. The van der Waals surface area contributed by atoms with Crippen LogP contribution in [0.2, 0.25) is 0 Å². The van der Waals surface area contributed by atoms with Gasteiger partial charge in [0.1, 0.15) is 5.69 Å². The predicted octanol–water partition coefficient (Wildman–Crippen LogP) is 2.54. The summed E-state index contributed by atoms with van der Waals surface area (Å²) in [5.41, 5.74) is 15.0. The molecule has 0 bridgehead atoms. The van der Waals surface area contributed by atoms with E-state index in [-0.39, 0.29) is 11.9 Å². The first-order valence-electron chi connectivity index (χ1n) is 7.65.